The molecule has 0 aromatic carbocycles. The second-order valence-electron chi connectivity index (χ2n) is 3.93. The summed E-state index contributed by atoms with van der Waals surface area (Å²) in [7, 11) is 0. The molecule has 0 atom stereocenters. The normalized spacial score (nSPS) is 11.4. The standard InChI is InChI=1S/C11H9F5N2O5/c1-2-22-8(19)3-5-6(18(20)21)4-7(23-11(14,15)16)17-9(5)10(12)13/h4,10H,2-3H2,1H3. The number of nitro groups is 1. The first kappa shape index (κ1) is 18.5. The zero-order valence-electron chi connectivity index (χ0n) is 11.4. The summed E-state index contributed by atoms with van der Waals surface area (Å²) in [6, 6.07) is 0.216. The zero-order valence-corrected chi connectivity index (χ0v) is 11.4. The van der Waals surface area contributed by atoms with Crippen LogP contribution in [0.25, 0.3) is 0 Å². The Morgan fingerprint density at radius 3 is 2.48 bits per heavy atom. The van der Waals surface area contributed by atoms with E-state index in [4.69, 9.17) is 0 Å². The van der Waals surface area contributed by atoms with Crippen molar-refractivity contribution in [3.05, 3.63) is 27.4 Å². The van der Waals surface area contributed by atoms with E-state index in [1.165, 1.54) is 6.92 Å². The largest absolute Gasteiger partial charge is 0.574 e. The van der Waals surface area contributed by atoms with Gasteiger partial charge in [0.05, 0.1) is 29.6 Å². The third-order valence-electron chi connectivity index (χ3n) is 2.36. The van der Waals surface area contributed by atoms with E-state index in [-0.39, 0.29) is 12.7 Å². The van der Waals surface area contributed by atoms with E-state index in [9.17, 15) is 36.9 Å². The fourth-order valence-electron chi connectivity index (χ4n) is 1.61. The predicted octanol–water partition coefficient (Wildman–Crippen LogP) is 2.93. The van der Waals surface area contributed by atoms with Crippen molar-refractivity contribution < 1.29 is 41.1 Å². The van der Waals surface area contributed by atoms with Crippen LogP contribution in [0.5, 0.6) is 5.88 Å². The number of alkyl halides is 5. The van der Waals surface area contributed by atoms with Crippen LogP contribution in [-0.4, -0.2) is 28.8 Å². The van der Waals surface area contributed by atoms with E-state index in [0.29, 0.717) is 0 Å². The van der Waals surface area contributed by atoms with Gasteiger partial charge in [0.25, 0.3) is 12.1 Å². The summed E-state index contributed by atoms with van der Waals surface area (Å²) in [5, 5.41) is 10.9. The number of carbonyl (C=O) groups excluding carboxylic acids is 1. The average Bonchev–Trinajstić information content (AvgIpc) is 2.37. The Morgan fingerprint density at radius 1 is 1.43 bits per heavy atom. The molecule has 1 aromatic heterocycles. The molecule has 0 spiro atoms. The van der Waals surface area contributed by atoms with Crippen molar-refractivity contribution in [1.82, 2.24) is 4.98 Å². The van der Waals surface area contributed by atoms with Crippen molar-refractivity contribution in [3.63, 3.8) is 0 Å². The van der Waals surface area contributed by atoms with Crippen LogP contribution in [-0.2, 0) is 16.0 Å². The van der Waals surface area contributed by atoms with Gasteiger partial charge in [0.1, 0.15) is 5.69 Å². The van der Waals surface area contributed by atoms with Crippen LogP contribution in [0.1, 0.15) is 24.6 Å². The van der Waals surface area contributed by atoms with Gasteiger partial charge in [-0.05, 0) is 6.92 Å². The summed E-state index contributed by atoms with van der Waals surface area (Å²) >= 11 is 0. The number of nitrogens with zero attached hydrogens (tertiary/aromatic N) is 2. The predicted molar refractivity (Wildman–Crippen MR) is 62.9 cm³/mol. The fraction of sp³-hybridized carbons (Fsp3) is 0.455. The molecule has 0 saturated carbocycles. The van der Waals surface area contributed by atoms with Crippen molar-refractivity contribution >= 4 is 11.7 Å². The molecule has 1 heterocycles. The molecule has 128 valence electrons. The molecule has 0 N–H and O–H groups in total. The van der Waals surface area contributed by atoms with Crippen molar-refractivity contribution in [3.8, 4) is 5.88 Å². The number of carbonyl (C=O) groups is 1. The van der Waals surface area contributed by atoms with Gasteiger partial charge in [0.15, 0.2) is 0 Å². The molecular weight excluding hydrogens is 335 g/mol. The highest BCUT2D eigenvalue weighted by Gasteiger charge is 2.35. The van der Waals surface area contributed by atoms with Gasteiger partial charge in [-0.15, -0.1) is 13.2 Å². The van der Waals surface area contributed by atoms with Crippen LogP contribution < -0.4 is 4.74 Å². The number of esters is 1. The number of halogens is 5. The highest BCUT2D eigenvalue weighted by atomic mass is 19.4. The second kappa shape index (κ2) is 7.15. The number of rotatable bonds is 6. The molecule has 0 saturated heterocycles. The molecule has 7 nitrogen and oxygen atoms in total. The summed E-state index contributed by atoms with van der Waals surface area (Å²) in [4.78, 5) is 23.9. The van der Waals surface area contributed by atoms with Crippen LogP contribution in [0, 0.1) is 10.1 Å². The van der Waals surface area contributed by atoms with Crippen LogP contribution in [0.15, 0.2) is 6.07 Å². The molecule has 0 radical (unpaired) electrons. The molecule has 0 aliphatic carbocycles. The molecule has 23 heavy (non-hydrogen) atoms. The summed E-state index contributed by atoms with van der Waals surface area (Å²) in [6.07, 6.45) is -9.68. The monoisotopic (exact) mass is 344 g/mol. The van der Waals surface area contributed by atoms with Gasteiger partial charge >= 0.3 is 12.3 Å². The Morgan fingerprint density at radius 2 is 2.04 bits per heavy atom. The highest BCUT2D eigenvalue weighted by Crippen LogP contribution is 2.34. The van der Waals surface area contributed by atoms with Gasteiger partial charge < -0.3 is 9.47 Å². The Kier molecular flexibility index (Phi) is 5.76. The lowest BCUT2D eigenvalue weighted by Gasteiger charge is -2.12. The Hall–Kier alpha value is -2.53. The topological polar surface area (TPSA) is 91.6 Å². The maximum atomic E-state index is 12.9. The summed E-state index contributed by atoms with van der Waals surface area (Å²) in [5.41, 5.74) is -3.34. The third-order valence-corrected chi connectivity index (χ3v) is 2.36. The molecule has 0 aliphatic heterocycles. The van der Waals surface area contributed by atoms with Crippen LogP contribution in [0.3, 0.4) is 0 Å². The highest BCUT2D eigenvalue weighted by molar-refractivity contribution is 5.75. The molecule has 0 fully saturated rings. The van der Waals surface area contributed by atoms with E-state index < -0.39 is 52.9 Å². The van der Waals surface area contributed by atoms with E-state index in [1.807, 2.05) is 0 Å². The first-order chi connectivity index (χ1) is 10.5. The van der Waals surface area contributed by atoms with E-state index in [2.05, 4.69) is 14.5 Å². The quantitative estimate of drug-likeness (QED) is 0.341. The molecule has 0 aliphatic rings. The molecule has 1 rings (SSSR count). The third kappa shape index (κ3) is 5.30. The van der Waals surface area contributed by atoms with E-state index in [1.54, 1.807) is 0 Å². The van der Waals surface area contributed by atoms with Crippen molar-refractivity contribution in [1.29, 1.82) is 0 Å². The number of ether oxygens (including phenoxy) is 2. The smallest absolute Gasteiger partial charge is 0.466 e. The molecule has 1 aromatic rings. The Bertz CT molecular complexity index is 605. The Labute approximate surface area is 125 Å². The lowest BCUT2D eigenvalue weighted by Crippen LogP contribution is -2.19. The molecule has 0 bridgehead atoms. The van der Waals surface area contributed by atoms with E-state index in [0.717, 1.165) is 0 Å². The SMILES string of the molecule is CCOC(=O)Cc1c([N+](=O)[O-])cc(OC(F)(F)F)nc1C(F)F. The minimum Gasteiger partial charge on any atom is -0.466 e. The number of hydrogen-bond acceptors (Lipinski definition) is 6. The molecular formula is C11H9F5N2O5. The summed E-state index contributed by atoms with van der Waals surface area (Å²) in [6.45, 7) is 1.30. The first-order valence-electron chi connectivity index (χ1n) is 5.92. The lowest BCUT2D eigenvalue weighted by atomic mass is 10.1. The lowest BCUT2D eigenvalue weighted by molar-refractivity contribution is -0.386. The van der Waals surface area contributed by atoms with Gasteiger partial charge in [0, 0.05) is 0 Å². The maximum Gasteiger partial charge on any atom is 0.574 e. The number of aromatic nitrogens is 1. The van der Waals surface area contributed by atoms with Crippen molar-refractivity contribution in [2.24, 2.45) is 0 Å². The fourth-order valence-corrected chi connectivity index (χ4v) is 1.61. The van der Waals surface area contributed by atoms with Gasteiger partial charge in [-0.3, -0.25) is 14.9 Å². The van der Waals surface area contributed by atoms with Crippen LogP contribution >= 0.6 is 0 Å². The van der Waals surface area contributed by atoms with Gasteiger partial charge in [-0.1, -0.05) is 0 Å². The summed E-state index contributed by atoms with van der Waals surface area (Å²) in [5.74, 6) is -2.49. The zero-order chi connectivity index (χ0) is 17.8. The minimum absolute atomic E-state index is 0.112. The summed E-state index contributed by atoms with van der Waals surface area (Å²) < 4.78 is 70.1. The van der Waals surface area contributed by atoms with Gasteiger partial charge in [-0.2, -0.15) is 0 Å². The first-order valence-corrected chi connectivity index (χ1v) is 5.92. The van der Waals surface area contributed by atoms with Crippen LogP contribution in [0.4, 0.5) is 27.6 Å². The van der Waals surface area contributed by atoms with E-state index >= 15 is 0 Å². The van der Waals surface area contributed by atoms with Crippen molar-refractivity contribution in [2.45, 2.75) is 26.1 Å². The minimum atomic E-state index is -5.27. The maximum absolute atomic E-state index is 12.9. The average molecular weight is 344 g/mol. The molecule has 0 unspecified atom stereocenters. The number of hydrogen-bond donors (Lipinski definition) is 0. The van der Waals surface area contributed by atoms with Crippen LogP contribution in [0.2, 0.25) is 0 Å². The molecule has 0 amide bonds. The Balaban J connectivity index is 3.41. The molecule has 12 heteroatoms. The van der Waals surface area contributed by atoms with Gasteiger partial charge in [0.2, 0.25) is 5.88 Å². The van der Waals surface area contributed by atoms with Gasteiger partial charge in [-0.25, -0.2) is 13.8 Å². The number of pyridine rings is 1. The second-order valence-corrected chi connectivity index (χ2v) is 3.93. The van der Waals surface area contributed by atoms with Crippen molar-refractivity contribution in [2.75, 3.05) is 6.61 Å².